The van der Waals surface area contributed by atoms with Gasteiger partial charge in [0.15, 0.2) is 10.8 Å². The van der Waals surface area contributed by atoms with Crippen molar-refractivity contribution in [3.05, 3.63) is 47.6 Å². The Hall–Kier alpha value is -2.87. The molecule has 3 fully saturated rings. The first-order valence-electron chi connectivity index (χ1n) is 12.9. The molecule has 6 rings (SSSR count). The van der Waals surface area contributed by atoms with Crippen LogP contribution < -0.4 is 10.1 Å². The van der Waals surface area contributed by atoms with Gasteiger partial charge in [0.2, 0.25) is 15.9 Å². The van der Waals surface area contributed by atoms with Gasteiger partial charge in [0.1, 0.15) is 11.6 Å². The van der Waals surface area contributed by atoms with Gasteiger partial charge in [-0.3, -0.25) is 14.6 Å². The molecule has 39 heavy (non-hydrogen) atoms. The summed E-state index contributed by atoms with van der Waals surface area (Å²) in [5, 5.41) is 5.30. The number of carbonyl (C=O) groups is 3. The summed E-state index contributed by atoms with van der Waals surface area (Å²) in [7, 11) is -3.80. The number of nitrogens with zero attached hydrogens (tertiary/aromatic N) is 3. The maximum absolute atomic E-state index is 14.1. The first kappa shape index (κ1) is 26.4. The van der Waals surface area contributed by atoms with Crippen molar-refractivity contribution in [2.45, 2.75) is 61.9 Å². The Morgan fingerprint density at radius 3 is 2.74 bits per heavy atom. The van der Waals surface area contributed by atoms with Crippen molar-refractivity contribution in [1.82, 2.24) is 19.5 Å². The quantitative estimate of drug-likeness (QED) is 0.467. The van der Waals surface area contributed by atoms with Gasteiger partial charge in [-0.1, -0.05) is 36.7 Å². The number of ether oxygens (including phenoxy) is 1. The number of ketones is 1. The summed E-state index contributed by atoms with van der Waals surface area (Å²) < 4.78 is 35.4. The van der Waals surface area contributed by atoms with E-state index in [1.165, 1.54) is 26.7 Å². The highest BCUT2D eigenvalue weighted by atomic mass is 32.2. The fourth-order valence-corrected chi connectivity index (χ4v) is 9.73. The van der Waals surface area contributed by atoms with Gasteiger partial charge in [0.05, 0.1) is 18.3 Å². The molecule has 206 valence electrons. The first-order chi connectivity index (χ1) is 18.8. The van der Waals surface area contributed by atoms with Crippen LogP contribution in [0.5, 0.6) is 5.06 Å². The Balaban J connectivity index is 1.19. The lowest BCUT2D eigenvalue weighted by Crippen LogP contribution is -2.62. The molecule has 1 N–H and O–H groups in total. The van der Waals surface area contributed by atoms with E-state index in [9.17, 15) is 22.8 Å². The summed E-state index contributed by atoms with van der Waals surface area (Å²) in [5.41, 5.74) is -0.657. The fraction of sp³-hybridized carbons (Fsp3) is 0.462. The van der Waals surface area contributed by atoms with E-state index in [1.54, 1.807) is 29.7 Å². The second-order valence-electron chi connectivity index (χ2n) is 10.3. The number of sulfonamides is 1. The Labute approximate surface area is 234 Å². The molecular formula is C26H28N4O6S3. The van der Waals surface area contributed by atoms with Gasteiger partial charge in [0, 0.05) is 34.4 Å². The average Bonchev–Trinajstić information content (AvgIpc) is 3.67. The zero-order valence-electron chi connectivity index (χ0n) is 21.1. The number of fused-ring (bicyclic) bond motifs is 2. The largest absolute Gasteiger partial charge is 0.414 e. The molecule has 2 amide bonds. The maximum Gasteiger partial charge on any atom is 0.414 e. The number of aromatic nitrogens is 1. The second-order valence-corrected chi connectivity index (χ2v) is 14.2. The molecule has 3 aromatic rings. The molecule has 1 aliphatic carbocycles. The lowest BCUT2D eigenvalue weighted by molar-refractivity contribution is -0.143. The number of thiophene rings is 2. The van der Waals surface area contributed by atoms with Crippen molar-refractivity contribution in [2.24, 2.45) is 0 Å². The Morgan fingerprint density at radius 1 is 1.18 bits per heavy atom. The summed E-state index contributed by atoms with van der Waals surface area (Å²) in [4.78, 5) is 45.7. The van der Waals surface area contributed by atoms with E-state index >= 15 is 0 Å². The molecule has 10 nitrogen and oxygen atoms in total. The van der Waals surface area contributed by atoms with Gasteiger partial charge in [-0.05, 0) is 42.3 Å². The standard InChI is InChI=1S/C26H28N4O6S3/c31-19-15-30(39(34,35)16-17-5-4-10-27-14-17)18-6-11-29(23(18)19)24(32)26(8-2-1-3-9-26)28-25(33)36-22-13-21-20(38-22)7-12-37-21/h4-5,7,10,12-14,18,23H,1-3,6,8-9,11,15-16H2,(H,28,33). The number of pyridine rings is 1. The number of hydrogen-bond acceptors (Lipinski definition) is 9. The molecule has 0 radical (unpaired) electrons. The number of amides is 2. The smallest absolute Gasteiger partial charge is 0.399 e. The number of hydrogen-bond donors (Lipinski definition) is 1. The van der Waals surface area contributed by atoms with Crippen molar-refractivity contribution < 1.29 is 27.5 Å². The fourth-order valence-electron chi connectivity index (χ4n) is 6.07. The van der Waals surface area contributed by atoms with E-state index in [0.29, 0.717) is 29.9 Å². The Kier molecular flexibility index (Phi) is 6.94. The highest BCUT2D eigenvalue weighted by molar-refractivity contribution is 7.88. The molecule has 0 aromatic carbocycles. The summed E-state index contributed by atoms with van der Waals surface area (Å²) in [6.45, 7) is -0.0157. The molecule has 3 aliphatic rings. The topological polar surface area (TPSA) is 126 Å². The molecule has 2 saturated heterocycles. The van der Waals surface area contributed by atoms with Gasteiger partial charge < -0.3 is 15.0 Å². The van der Waals surface area contributed by atoms with E-state index < -0.39 is 33.7 Å². The van der Waals surface area contributed by atoms with E-state index in [1.807, 2.05) is 17.5 Å². The molecule has 0 spiro atoms. The maximum atomic E-state index is 14.1. The molecule has 0 bridgehead atoms. The molecule has 1 saturated carbocycles. The van der Waals surface area contributed by atoms with E-state index in [2.05, 4.69) is 10.3 Å². The van der Waals surface area contributed by atoms with Crippen LogP contribution in [0.1, 0.15) is 44.1 Å². The van der Waals surface area contributed by atoms with E-state index in [4.69, 9.17) is 4.74 Å². The van der Waals surface area contributed by atoms with Crippen LogP contribution in [0.25, 0.3) is 9.40 Å². The number of Topliss-reactive ketones (excluding diaryl/α,β-unsaturated/α-hetero) is 1. The third-order valence-electron chi connectivity index (χ3n) is 7.84. The van der Waals surface area contributed by atoms with Gasteiger partial charge in [-0.2, -0.15) is 4.31 Å². The molecule has 5 heterocycles. The molecular weight excluding hydrogens is 561 g/mol. The molecule has 3 aromatic heterocycles. The van der Waals surface area contributed by atoms with Crippen LogP contribution in [0.15, 0.2) is 42.0 Å². The van der Waals surface area contributed by atoms with Crippen LogP contribution in [-0.4, -0.2) is 71.1 Å². The summed E-state index contributed by atoms with van der Waals surface area (Å²) in [6.07, 6.45) is 6.04. The molecule has 2 atom stereocenters. The highest BCUT2D eigenvalue weighted by Crippen LogP contribution is 2.38. The monoisotopic (exact) mass is 588 g/mol. The number of carbonyl (C=O) groups excluding carboxylic acids is 3. The SMILES string of the molecule is O=C(NC1(C(=O)N2CCC3C2C(=O)CN3S(=O)(=O)Cc2cccnc2)CCCCC1)Oc1cc2sccc2s1. The number of nitrogens with one attached hydrogen (secondary N) is 1. The number of likely N-dealkylation sites (tertiary alicyclic amines) is 1. The minimum atomic E-state index is -3.80. The summed E-state index contributed by atoms with van der Waals surface area (Å²) >= 11 is 2.92. The van der Waals surface area contributed by atoms with Gasteiger partial charge in [0.25, 0.3) is 0 Å². The first-order valence-corrected chi connectivity index (χ1v) is 16.3. The van der Waals surface area contributed by atoms with Gasteiger partial charge in [-0.25, -0.2) is 13.2 Å². The van der Waals surface area contributed by atoms with Crippen molar-refractivity contribution in [2.75, 3.05) is 13.1 Å². The average molecular weight is 589 g/mol. The highest BCUT2D eigenvalue weighted by Gasteiger charge is 2.56. The van der Waals surface area contributed by atoms with Crippen LogP contribution in [0.4, 0.5) is 4.79 Å². The zero-order valence-corrected chi connectivity index (χ0v) is 23.5. The predicted molar refractivity (Wildman–Crippen MR) is 147 cm³/mol. The van der Waals surface area contributed by atoms with Crippen molar-refractivity contribution in [1.29, 1.82) is 0 Å². The van der Waals surface area contributed by atoms with Gasteiger partial charge in [-0.15, -0.1) is 11.3 Å². The number of rotatable bonds is 6. The Bertz CT molecular complexity index is 1480. The normalized spacial score (nSPS) is 23.2. The molecule has 2 unspecified atom stereocenters. The zero-order chi connectivity index (χ0) is 27.2. The van der Waals surface area contributed by atoms with Crippen molar-refractivity contribution in [3.63, 3.8) is 0 Å². The van der Waals surface area contributed by atoms with Crippen LogP contribution >= 0.6 is 22.7 Å². The summed E-state index contributed by atoms with van der Waals surface area (Å²) in [5.74, 6) is -0.894. The van der Waals surface area contributed by atoms with Crippen LogP contribution in [0, 0.1) is 0 Å². The minimum absolute atomic E-state index is 0.249. The van der Waals surface area contributed by atoms with Crippen LogP contribution in [0.3, 0.4) is 0 Å². The lowest BCUT2D eigenvalue weighted by atomic mass is 9.80. The second kappa shape index (κ2) is 10.3. The molecule has 13 heteroatoms. The van der Waals surface area contributed by atoms with Crippen LogP contribution in [0.2, 0.25) is 0 Å². The third-order valence-corrected chi connectivity index (χ3v) is 11.6. The van der Waals surface area contributed by atoms with Crippen LogP contribution in [-0.2, 0) is 25.4 Å². The third kappa shape index (κ3) is 4.96. The summed E-state index contributed by atoms with van der Waals surface area (Å²) in [6, 6.07) is 5.65. The Morgan fingerprint density at radius 2 is 2.00 bits per heavy atom. The molecule has 2 aliphatic heterocycles. The predicted octanol–water partition coefficient (Wildman–Crippen LogP) is 3.53. The van der Waals surface area contributed by atoms with Crippen molar-refractivity contribution in [3.8, 4) is 5.06 Å². The minimum Gasteiger partial charge on any atom is -0.399 e. The lowest BCUT2D eigenvalue weighted by Gasteiger charge is -2.40. The van der Waals surface area contributed by atoms with Gasteiger partial charge >= 0.3 is 6.09 Å². The van der Waals surface area contributed by atoms with E-state index in [0.717, 1.165) is 28.7 Å². The van der Waals surface area contributed by atoms with E-state index in [-0.39, 0.29) is 30.5 Å². The van der Waals surface area contributed by atoms with Crippen molar-refractivity contribution >= 4 is 59.9 Å².